The van der Waals surface area contributed by atoms with Gasteiger partial charge >= 0.3 is 0 Å². The third kappa shape index (κ3) is 7.82. The fourth-order valence-corrected chi connectivity index (χ4v) is 4.18. The molecule has 1 aromatic rings. The van der Waals surface area contributed by atoms with Gasteiger partial charge in [0, 0.05) is 36.7 Å². The number of ether oxygens (including phenoxy) is 1. The van der Waals surface area contributed by atoms with Crippen molar-refractivity contribution in [3.63, 3.8) is 0 Å². The number of nitrogens with one attached hydrogen (secondary N) is 2. The monoisotopic (exact) mass is 552 g/mol. The van der Waals surface area contributed by atoms with Crippen LogP contribution in [0, 0.1) is 5.41 Å². The van der Waals surface area contributed by atoms with Gasteiger partial charge in [0.15, 0.2) is 5.96 Å². The number of aliphatic hydroxyl groups is 1. The topological polar surface area (TPSA) is 69.1 Å². The van der Waals surface area contributed by atoms with Gasteiger partial charge in [-0.05, 0) is 44.5 Å². The van der Waals surface area contributed by atoms with E-state index in [9.17, 15) is 5.11 Å². The molecule has 1 saturated heterocycles. The maximum atomic E-state index is 9.45. The fourth-order valence-electron chi connectivity index (χ4n) is 3.91. The SMILES string of the molecule is CCNC(=NCC1(CCO)CCOC1)NCC(c1ccccc1Cl)N(CC)CC.I. The largest absolute Gasteiger partial charge is 0.396 e. The van der Waals surface area contributed by atoms with Crippen molar-refractivity contribution < 1.29 is 9.84 Å². The van der Waals surface area contributed by atoms with Crippen LogP contribution in [-0.4, -0.2) is 68.5 Å². The minimum Gasteiger partial charge on any atom is -0.396 e. The molecule has 30 heavy (non-hydrogen) atoms. The van der Waals surface area contributed by atoms with E-state index in [1.54, 1.807) is 0 Å². The molecule has 3 N–H and O–H groups in total. The highest BCUT2D eigenvalue weighted by Crippen LogP contribution is 2.32. The van der Waals surface area contributed by atoms with Crippen molar-refractivity contribution >= 4 is 41.5 Å². The Morgan fingerprint density at radius 1 is 1.27 bits per heavy atom. The zero-order chi connectivity index (χ0) is 21.1. The van der Waals surface area contributed by atoms with Crippen LogP contribution in [0.4, 0.5) is 0 Å². The summed E-state index contributed by atoms with van der Waals surface area (Å²) in [6.07, 6.45) is 1.66. The third-order valence-electron chi connectivity index (χ3n) is 5.72. The predicted octanol–water partition coefficient (Wildman–Crippen LogP) is 3.69. The average Bonchev–Trinajstić information content (AvgIpc) is 3.19. The first-order chi connectivity index (χ1) is 14.1. The summed E-state index contributed by atoms with van der Waals surface area (Å²) in [5, 5.41) is 17.1. The molecule has 1 aromatic carbocycles. The highest BCUT2D eigenvalue weighted by Gasteiger charge is 2.34. The molecule has 2 rings (SSSR count). The summed E-state index contributed by atoms with van der Waals surface area (Å²) in [7, 11) is 0. The van der Waals surface area contributed by atoms with Gasteiger partial charge in [0.2, 0.25) is 0 Å². The lowest BCUT2D eigenvalue weighted by Crippen LogP contribution is -2.44. The quantitative estimate of drug-likeness (QED) is 0.222. The highest BCUT2D eigenvalue weighted by atomic mass is 127. The molecule has 0 aliphatic carbocycles. The molecule has 2 unspecified atom stereocenters. The molecule has 0 saturated carbocycles. The van der Waals surface area contributed by atoms with E-state index in [2.05, 4.69) is 42.4 Å². The molecule has 1 fully saturated rings. The van der Waals surface area contributed by atoms with Gasteiger partial charge < -0.3 is 20.5 Å². The Balaban J connectivity index is 0.00000450. The van der Waals surface area contributed by atoms with Crippen LogP contribution in [0.3, 0.4) is 0 Å². The van der Waals surface area contributed by atoms with E-state index >= 15 is 0 Å². The zero-order valence-electron chi connectivity index (χ0n) is 18.5. The normalized spacial score (nSPS) is 20.1. The molecule has 0 radical (unpaired) electrons. The summed E-state index contributed by atoms with van der Waals surface area (Å²) in [6, 6.07) is 8.21. The van der Waals surface area contributed by atoms with Crippen molar-refractivity contribution in [2.75, 3.05) is 52.5 Å². The van der Waals surface area contributed by atoms with Crippen LogP contribution >= 0.6 is 35.6 Å². The second-order valence-corrected chi connectivity index (χ2v) is 8.02. The number of benzene rings is 1. The van der Waals surface area contributed by atoms with Crippen LogP contribution in [0.2, 0.25) is 5.02 Å². The van der Waals surface area contributed by atoms with Crippen molar-refractivity contribution in [1.82, 2.24) is 15.5 Å². The lowest BCUT2D eigenvalue weighted by atomic mass is 9.84. The van der Waals surface area contributed by atoms with E-state index in [1.165, 1.54) is 0 Å². The highest BCUT2D eigenvalue weighted by molar-refractivity contribution is 14.0. The molecule has 0 spiro atoms. The number of nitrogens with zero attached hydrogens (tertiary/aromatic N) is 2. The van der Waals surface area contributed by atoms with Crippen molar-refractivity contribution in [2.45, 2.75) is 39.7 Å². The van der Waals surface area contributed by atoms with E-state index in [-0.39, 0.29) is 42.0 Å². The summed E-state index contributed by atoms with van der Waals surface area (Å²) >= 11 is 6.52. The van der Waals surface area contributed by atoms with Crippen LogP contribution in [0.1, 0.15) is 45.2 Å². The van der Waals surface area contributed by atoms with E-state index in [1.807, 2.05) is 18.2 Å². The molecule has 1 heterocycles. The Labute approximate surface area is 203 Å². The van der Waals surface area contributed by atoms with Gasteiger partial charge in [-0.15, -0.1) is 24.0 Å². The molecule has 8 heteroatoms. The molecule has 1 aliphatic heterocycles. The van der Waals surface area contributed by atoms with Gasteiger partial charge in [0.1, 0.15) is 0 Å². The van der Waals surface area contributed by atoms with E-state index in [4.69, 9.17) is 21.3 Å². The summed E-state index contributed by atoms with van der Waals surface area (Å²) in [5.74, 6) is 0.793. The second-order valence-electron chi connectivity index (χ2n) is 7.61. The van der Waals surface area contributed by atoms with Crippen LogP contribution < -0.4 is 10.6 Å². The number of rotatable bonds is 11. The summed E-state index contributed by atoms with van der Waals surface area (Å²) < 4.78 is 5.59. The Kier molecular flexibility index (Phi) is 13.2. The average molecular weight is 553 g/mol. The van der Waals surface area contributed by atoms with Gasteiger partial charge in [-0.3, -0.25) is 9.89 Å². The van der Waals surface area contributed by atoms with E-state index in [0.717, 1.165) is 55.6 Å². The summed E-state index contributed by atoms with van der Waals surface area (Å²) in [6.45, 7) is 12.0. The van der Waals surface area contributed by atoms with Crippen LogP contribution in [0.25, 0.3) is 0 Å². The number of hydrogen-bond donors (Lipinski definition) is 3. The van der Waals surface area contributed by atoms with Crippen LogP contribution in [-0.2, 0) is 4.74 Å². The van der Waals surface area contributed by atoms with Gasteiger partial charge in [0.05, 0.1) is 19.2 Å². The Bertz CT molecular complexity index is 637. The van der Waals surface area contributed by atoms with E-state index in [0.29, 0.717) is 19.7 Å². The summed E-state index contributed by atoms with van der Waals surface area (Å²) in [4.78, 5) is 7.24. The Hall–Kier alpha value is -0.610. The van der Waals surface area contributed by atoms with Gasteiger partial charge in [-0.25, -0.2) is 0 Å². The minimum atomic E-state index is -0.0574. The minimum absolute atomic E-state index is 0. The maximum Gasteiger partial charge on any atom is 0.191 e. The Morgan fingerprint density at radius 3 is 2.57 bits per heavy atom. The van der Waals surface area contributed by atoms with Crippen LogP contribution in [0.5, 0.6) is 0 Å². The number of hydrogen-bond acceptors (Lipinski definition) is 4. The van der Waals surface area contributed by atoms with Gasteiger partial charge in [-0.2, -0.15) is 0 Å². The van der Waals surface area contributed by atoms with E-state index < -0.39 is 0 Å². The molecule has 0 aromatic heterocycles. The smallest absolute Gasteiger partial charge is 0.191 e. The van der Waals surface area contributed by atoms with Crippen molar-refractivity contribution in [1.29, 1.82) is 0 Å². The van der Waals surface area contributed by atoms with Crippen molar-refractivity contribution in [2.24, 2.45) is 10.4 Å². The molecule has 2 atom stereocenters. The number of aliphatic imine (C=N–C) groups is 1. The standard InChI is InChI=1S/C22H37ClN4O2.HI/c1-4-24-21(26-16-22(11-13-28)12-14-29-17-22)25-15-20(27(5-2)6-3)18-9-7-8-10-19(18)23;/h7-10,20,28H,4-6,11-17H2,1-3H3,(H2,24,25,26);1H. The molecule has 172 valence electrons. The number of likely N-dealkylation sites (N-methyl/N-ethyl adjacent to an activating group) is 1. The number of halogens is 2. The van der Waals surface area contributed by atoms with Crippen molar-refractivity contribution in [3.8, 4) is 0 Å². The molecular formula is C22H38ClIN4O2. The molecule has 0 bridgehead atoms. The molecule has 1 aliphatic rings. The molecular weight excluding hydrogens is 515 g/mol. The van der Waals surface area contributed by atoms with Gasteiger partial charge in [-0.1, -0.05) is 43.6 Å². The lowest BCUT2D eigenvalue weighted by molar-refractivity contribution is 0.131. The lowest BCUT2D eigenvalue weighted by Gasteiger charge is -2.31. The Morgan fingerprint density at radius 2 is 2.00 bits per heavy atom. The number of aliphatic hydroxyl groups excluding tert-OH is 1. The first-order valence-corrected chi connectivity index (χ1v) is 11.2. The number of guanidine groups is 1. The molecule has 6 nitrogen and oxygen atoms in total. The third-order valence-corrected chi connectivity index (χ3v) is 6.07. The first-order valence-electron chi connectivity index (χ1n) is 10.8. The maximum absolute atomic E-state index is 9.45. The molecule has 0 amide bonds. The van der Waals surface area contributed by atoms with Crippen molar-refractivity contribution in [3.05, 3.63) is 34.9 Å². The second kappa shape index (κ2) is 14.5. The zero-order valence-corrected chi connectivity index (χ0v) is 21.6. The summed E-state index contributed by atoms with van der Waals surface area (Å²) in [5.41, 5.74) is 1.07. The predicted molar refractivity (Wildman–Crippen MR) is 136 cm³/mol. The fraction of sp³-hybridized carbons (Fsp3) is 0.682. The van der Waals surface area contributed by atoms with Gasteiger partial charge in [0.25, 0.3) is 0 Å². The van der Waals surface area contributed by atoms with Crippen LogP contribution in [0.15, 0.2) is 29.3 Å². The first kappa shape index (κ1) is 27.4.